The summed E-state index contributed by atoms with van der Waals surface area (Å²) in [7, 11) is -3.55. The molecule has 1 N–H and O–H groups in total. The largest absolute Gasteiger partial charge is 0.341 e. The van der Waals surface area contributed by atoms with E-state index in [2.05, 4.69) is 9.62 Å². The van der Waals surface area contributed by atoms with E-state index in [0.717, 1.165) is 45.0 Å². The second kappa shape index (κ2) is 8.98. The van der Waals surface area contributed by atoms with E-state index in [0.29, 0.717) is 12.5 Å². The van der Waals surface area contributed by atoms with Crippen LogP contribution in [0.4, 0.5) is 0 Å². The van der Waals surface area contributed by atoms with Gasteiger partial charge in [-0.3, -0.25) is 19.2 Å². The topological polar surface area (TPSA) is 86.8 Å². The van der Waals surface area contributed by atoms with E-state index in [4.69, 9.17) is 0 Å². The van der Waals surface area contributed by atoms with Crippen LogP contribution in [0.1, 0.15) is 51.9 Å². The molecule has 2 rings (SSSR count). The lowest BCUT2D eigenvalue weighted by molar-refractivity contribution is -0.131. The summed E-state index contributed by atoms with van der Waals surface area (Å²) in [6, 6.07) is 0.116. The Kier molecular flexibility index (Phi) is 7.25. The molecule has 0 bridgehead atoms. The number of nitrogens with zero attached hydrogens (tertiary/aromatic N) is 2. The Morgan fingerprint density at radius 1 is 1.12 bits per heavy atom. The van der Waals surface area contributed by atoms with Crippen LogP contribution in [-0.2, 0) is 19.6 Å². The van der Waals surface area contributed by atoms with Gasteiger partial charge in [0.15, 0.2) is 0 Å². The minimum atomic E-state index is -3.55. The molecule has 1 saturated carbocycles. The third-order valence-corrected chi connectivity index (χ3v) is 5.82. The van der Waals surface area contributed by atoms with E-state index < -0.39 is 15.9 Å². The van der Waals surface area contributed by atoms with E-state index in [1.807, 2.05) is 4.90 Å². The molecule has 0 aromatic carbocycles. The van der Waals surface area contributed by atoms with E-state index in [1.165, 1.54) is 19.3 Å². The molecule has 0 aromatic rings. The quantitative estimate of drug-likeness (QED) is 0.749. The first kappa shape index (κ1) is 20.2. The summed E-state index contributed by atoms with van der Waals surface area (Å²) < 4.78 is 24.7. The fraction of sp³-hybridized carbons (Fsp3) is 0.882. The van der Waals surface area contributed by atoms with Crippen LogP contribution >= 0.6 is 0 Å². The number of carbonyl (C=O) groups excluding carboxylic acids is 2. The lowest BCUT2D eigenvalue weighted by atomic mass is 9.88. The average molecular weight is 374 g/mol. The summed E-state index contributed by atoms with van der Waals surface area (Å²) in [5, 5.41) is 0. The second-order valence-corrected chi connectivity index (χ2v) is 9.24. The Morgan fingerprint density at radius 2 is 1.80 bits per heavy atom. The fourth-order valence-electron chi connectivity index (χ4n) is 4.01. The van der Waals surface area contributed by atoms with Crippen molar-refractivity contribution in [1.82, 2.24) is 14.5 Å². The summed E-state index contributed by atoms with van der Waals surface area (Å²) in [5.41, 5.74) is 0. The summed E-state index contributed by atoms with van der Waals surface area (Å²) in [6.07, 6.45) is 8.88. The number of sulfonamides is 1. The lowest BCUT2D eigenvalue weighted by Gasteiger charge is -2.40. The number of hydrogen-bond donors (Lipinski definition) is 1. The zero-order chi connectivity index (χ0) is 18.4. The maximum atomic E-state index is 12.2. The number of piperidine rings is 1. The molecule has 1 saturated heterocycles. The number of amides is 2. The van der Waals surface area contributed by atoms with Crippen LogP contribution in [-0.4, -0.2) is 68.5 Å². The Balaban J connectivity index is 2.04. The van der Waals surface area contributed by atoms with Crippen molar-refractivity contribution in [2.75, 3.05) is 32.4 Å². The summed E-state index contributed by atoms with van der Waals surface area (Å²) in [5.74, 6) is 0.119. The van der Waals surface area contributed by atoms with Crippen LogP contribution in [0.5, 0.6) is 0 Å². The molecule has 0 spiro atoms. The van der Waals surface area contributed by atoms with Crippen LogP contribution in [0.25, 0.3) is 0 Å². The van der Waals surface area contributed by atoms with Crippen molar-refractivity contribution >= 4 is 21.8 Å². The average Bonchev–Trinajstić information content (AvgIpc) is 2.53. The van der Waals surface area contributed by atoms with Gasteiger partial charge in [-0.1, -0.05) is 19.3 Å². The molecule has 2 fully saturated rings. The predicted molar refractivity (Wildman–Crippen MR) is 96.4 cm³/mol. The molecule has 0 radical (unpaired) electrons. The molecule has 25 heavy (non-hydrogen) atoms. The van der Waals surface area contributed by atoms with E-state index >= 15 is 0 Å². The molecule has 1 heterocycles. The first-order valence-electron chi connectivity index (χ1n) is 9.25. The Bertz CT molecular complexity index is 572. The zero-order valence-electron chi connectivity index (χ0n) is 15.4. The first-order valence-corrected chi connectivity index (χ1v) is 11.1. The maximum absolute atomic E-state index is 12.2. The molecule has 0 unspecified atom stereocenters. The Morgan fingerprint density at radius 3 is 2.40 bits per heavy atom. The van der Waals surface area contributed by atoms with Crippen molar-refractivity contribution in [2.45, 2.75) is 57.9 Å². The normalized spacial score (nSPS) is 22.8. The molecular weight excluding hydrogens is 342 g/mol. The number of hydrogen-bond acceptors (Lipinski definition) is 5. The third-order valence-electron chi connectivity index (χ3n) is 5.22. The molecule has 1 aliphatic heterocycles. The van der Waals surface area contributed by atoms with Crippen molar-refractivity contribution in [1.29, 1.82) is 0 Å². The fourth-order valence-corrected chi connectivity index (χ4v) is 4.48. The van der Waals surface area contributed by atoms with Crippen LogP contribution in [0.15, 0.2) is 0 Å². The smallest absolute Gasteiger partial charge is 0.247 e. The predicted octanol–water partition coefficient (Wildman–Crippen LogP) is 0.955. The van der Waals surface area contributed by atoms with Gasteiger partial charge in [0.05, 0.1) is 12.8 Å². The highest BCUT2D eigenvalue weighted by atomic mass is 32.2. The number of rotatable bonds is 6. The Labute approximate surface area is 151 Å². The van der Waals surface area contributed by atoms with Crippen molar-refractivity contribution < 1.29 is 18.0 Å². The van der Waals surface area contributed by atoms with Gasteiger partial charge in [0.25, 0.3) is 0 Å². The zero-order valence-corrected chi connectivity index (χ0v) is 16.2. The van der Waals surface area contributed by atoms with E-state index in [9.17, 15) is 18.0 Å². The van der Waals surface area contributed by atoms with Gasteiger partial charge in [-0.05, 0) is 31.6 Å². The molecular formula is C17H31N3O4S. The van der Waals surface area contributed by atoms with Gasteiger partial charge in [0, 0.05) is 32.6 Å². The first-order chi connectivity index (χ1) is 11.7. The van der Waals surface area contributed by atoms with Gasteiger partial charge in [0.2, 0.25) is 21.8 Å². The van der Waals surface area contributed by atoms with Crippen molar-refractivity contribution in [3.8, 4) is 0 Å². The third kappa shape index (κ3) is 6.93. The molecule has 0 aromatic heterocycles. The van der Waals surface area contributed by atoms with Gasteiger partial charge < -0.3 is 4.90 Å². The van der Waals surface area contributed by atoms with Crippen molar-refractivity contribution in [3.05, 3.63) is 0 Å². The van der Waals surface area contributed by atoms with Crippen molar-refractivity contribution in [2.24, 2.45) is 5.92 Å². The van der Waals surface area contributed by atoms with Crippen LogP contribution in [0.2, 0.25) is 0 Å². The monoisotopic (exact) mass is 373 g/mol. The van der Waals surface area contributed by atoms with Gasteiger partial charge in [-0.25, -0.2) is 8.42 Å². The summed E-state index contributed by atoms with van der Waals surface area (Å²) in [4.78, 5) is 27.8. The highest BCUT2D eigenvalue weighted by Crippen LogP contribution is 2.26. The summed E-state index contributed by atoms with van der Waals surface area (Å²) in [6.45, 7) is 3.82. The van der Waals surface area contributed by atoms with Crippen molar-refractivity contribution in [3.63, 3.8) is 0 Å². The molecule has 2 amide bonds. The van der Waals surface area contributed by atoms with Crippen LogP contribution in [0.3, 0.4) is 0 Å². The molecule has 1 atom stereocenters. The number of likely N-dealkylation sites (tertiary alicyclic amines) is 1. The van der Waals surface area contributed by atoms with E-state index in [1.54, 1.807) is 6.92 Å². The standard InChI is InChI=1S/C17H31N3O4S/c1-14(21)19-10-6-9-16(12-19)20(11-15-7-4-3-5-8-15)13-17(22)18-25(2,23)24/h15-16H,3-13H2,1-2H3,(H,18,22)/t16-/m1/s1. The highest BCUT2D eigenvalue weighted by molar-refractivity contribution is 7.89. The summed E-state index contributed by atoms with van der Waals surface area (Å²) >= 11 is 0. The van der Waals surface area contributed by atoms with Crippen LogP contribution < -0.4 is 4.72 Å². The van der Waals surface area contributed by atoms with Crippen LogP contribution in [0, 0.1) is 5.92 Å². The minimum absolute atomic E-state index is 0.0582. The second-order valence-electron chi connectivity index (χ2n) is 7.49. The van der Waals surface area contributed by atoms with E-state index in [-0.39, 0.29) is 18.5 Å². The molecule has 8 heteroatoms. The lowest BCUT2D eigenvalue weighted by Crippen LogP contribution is -2.53. The maximum Gasteiger partial charge on any atom is 0.247 e. The minimum Gasteiger partial charge on any atom is -0.341 e. The van der Waals surface area contributed by atoms with Gasteiger partial charge in [-0.15, -0.1) is 0 Å². The van der Waals surface area contributed by atoms with Gasteiger partial charge in [0.1, 0.15) is 0 Å². The molecule has 2 aliphatic rings. The Hall–Kier alpha value is -1.15. The molecule has 144 valence electrons. The molecule has 1 aliphatic carbocycles. The van der Waals surface area contributed by atoms with Gasteiger partial charge >= 0.3 is 0 Å². The number of nitrogens with one attached hydrogen (secondary N) is 1. The van der Waals surface area contributed by atoms with Gasteiger partial charge in [-0.2, -0.15) is 0 Å². The SMILES string of the molecule is CC(=O)N1CCC[C@@H](N(CC(=O)NS(C)(=O)=O)CC2CCCCC2)C1. The highest BCUT2D eigenvalue weighted by Gasteiger charge is 2.30. The molecule has 7 nitrogen and oxygen atoms in total. The number of carbonyl (C=O) groups is 2.